The maximum absolute atomic E-state index is 13.2. The van der Waals surface area contributed by atoms with Crippen LogP contribution in [0, 0.1) is 18.2 Å². The number of aromatic amines is 1. The van der Waals surface area contributed by atoms with Crippen LogP contribution < -0.4 is 10.6 Å². The van der Waals surface area contributed by atoms with E-state index in [2.05, 4.69) is 51.7 Å². The first kappa shape index (κ1) is 38.3. The minimum Gasteiger partial charge on any atom is -0.793 e. The van der Waals surface area contributed by atoms with Gasteiger partial charge in [-0.25, -0.2) is 9.18 Å². The summed E-state index contributed by atoms with van der Waals surface area (Å²) in [5, 5.41) is 14.1. The standard InChI is InChI=1S/C17H22FN3O2.C12H15NS.C2HF3O2.Nb/c18-14-3-1-13(2-4-14)15-11-20-16(23)17(15)5-8-21(9-6-17)10-7-19-12-22;1-9-7-11-8-10(3-2-6-14)4-5-12(11)13-9;3-2(4,5)1(6)7;/h1-4,12,15H,5-11H2,(H,19,22)(H,20,23);4-5,7-8,13-14H,2-3,6H2,1H3;(H,6,7);/p-1. The molecule has 2 fully saturated rings. The second-order valence-electron chi connectivity index (χ2n) is 10.9. The van der Waals surface area contributed by atoms with Crippen molar-refractivity contribution in [2.45, 2.75) is 44.7 Å². The average Bonchev–Trinajstić information content (AvgIpc) is 3.51. The Morgan fingerprint density at radius 3 is 2.38 bits per heavy atom. The predicted molar refractivity (Wildman–Crippen MR) is 162 cm³/mol. The number of H-pyrrole nitrogens is 1. The maximum Gasteiger partial charge on any atom is 0.490 e. The molecule has 2 aromatic carbocycles. The molecule has 45 heavy (non-hydrogen) atoms. The summed E-state index contributed by atoms with van der Waals surface area (Å²) in [7, 11) is 0. The number of hydrogen-bond donors (Lipinski definition) is 4. The predicted octanol–water partition coefficient (Wildman–Crippen LogP) is 4.45. The Bertz CT molecular complexity index is 1400. The molecule has 1 atom stereocenters. The normalized spacial score (nSPS) is 17.3. The van der Waals surface area contributed by atoms with Gasteiger partial charge in [0.25, 0.3) is 0 Å². The van der Waals surface area contributed by atoms with E-state index in [1.807, 2.05) is 0 Å². The summed E-state index contributed by atoms with van der Waals surface area (Å²) in [6, 6.07) is 15.3. The number of amides is 2. The largest absolute Gasteiger partial charge is 0.793 e. The molecular weight excluding hydrogens is 693 g/mol. The zero-order valence-corrected chi connectivity index (χ0v) is 27.8. The maximum atomic E-state index is 13.2. The second-order valence-corrected chi connectivity index (χ2v) is 11.3. The van der Waals surface area contributed by atoms with Crippen molar-refractivity contribution >= 4 is 41.8 Å². The van der Waals surface area contributed by atoms with Gasteiger partial charge in [0.05, 0.1) is 5.41 Å². The number of alkyl halides is 3. The van der Waals surface area contributed by atoms with E-state index in [1.54, 1.807) is 12.1 Å². The molecule has 0 saturated carbocycles. The van der Waals surface area contributed by atoms with E-state index in [-0.39, 0.29) is 45.4 Å². The molecule has 2 amide bonds. The van der Waals surface area contributed by atoms with E-state index in [4.69, 9.17) is 22.5 Å². The van der Waals surface area contributed by atoms with Gasteiger partial charge in [-0.05, 0) is 86.1 Å². The van der Waals surface area contributed by atoms with Crippen LogP contribution in [0.15, 0.2) is 48.5 Å². The van der Waals surface area contributed by atoms with Crippen LogP contribution in [-0.4, -0.2) is 77.9 Å². The summed E-state index contributed by atoms with van der Waals surface area (Å²) in [6.07, 6.45) is -0.585. The molecule has 2 saturated heterocycles. The minimum atomic E-state index is -5.08. The minimum absolute atomic E-state index is 0. The van der Waals surface area contributed by atoms with Crippen LogP contribution in [0.2, 0.25) is 0 Å². The molecule has 1 aromatic heterocycles. The number of carbonyl (C=O) groups is 3. The molecule has 1 radical (unpaired) electrons. The van der Waals surface area contributed by atoms with Crippen molar-refractivity contribution in [3.63, 3.8) is 0 Å². The van der Waals surface area contributed by atoms with Gasteiger partial charge in [-0.3, -0.25) is 9.59 Å². The van der Waals surface area contributed by atoms with E-state index < -0.39 is 12.1 Å². The van der Waals surface area contributed by atoms with Crippen LogP contribution in [0.4, 0.5) is 17.6 Å². The summed E-state index contributed by atoms with van der Waals surface area (Å²) < 4.78 is 44.9. The number of aliphatic carboxylic acids is 1. The molecule has 1 unspecified atom stereocenters. The van der Waals surface area contributed by atoms with E-state index >= 15 is 0 Å². The number of likely N-dealkylation sites (tertiary alicyclic amines) is 1. The molecule has 0 bridgehead atoms. The molecule has 3 aromatic rings. The van der Waals surface area contributed by atoms with Crippen molar-refractivity contribution in [2.75, 3.05) is 38.5 Å². The molecule has 0 aliphatic carbocycles. The number of carboxylic acids is 1. The van der Waals surface area contributed by atoms with Crippen LogP contribution in [0.25, 0.3) is 10.9 Å². The van der Waals surface area contributed by atoms with Gasteiger partial charge < -0.3 is 38.3 Å². The number of nitrogens with zero attached hydrogens (tertiary/aromatic N) is 1. The monoisotopic (exact) mass is 730 g/mol. The molecule has 1 spiro atoms. The van der Waals surface area contributed by atoms with Crippen LogP contribution >= 0.6 is 0 Å². The fraction of sp³-hybridized carbons (Fsp3) is 0.452. The van der Waals surface area contributed by atoms with E-state index in [9.17, 15) is 27.2 Å². The summed E-state index contributed by atoms with van der Waals surface area (Å²) in [5.74, 6) is -1.93. The van der Waals surface area contributed by atoms with Gasteiger partial charge in [-0.15, -0.1) is 0 Å². The number of carboxylic acid groups (broad SMARTS) is 1. The first-order valence-corrected chi connectivity index (χ1v) is 14.9. The number of rotatable bonds is 8. The number of aryl methyl sites for hydroxylation is 2. The Hall–Kier alpha value is -2.84. The molecule has 5 rings (SSSR count). The molecule has 4 N–H and O–H groups in total. The molecule has 245 valence electrons. The number of halogens is 4. The molecule has 2 aliphatic rings. The zero-order chi connectivity index (χ0) is 32.3. The van der Waals surface area contributed by atoms with Gasteiger partial charge in [0.1, 0.15) is 5.82 Å². The third-order valence-corrected chi connectivity index (χ3v) is 8.22. The molecule has 14 heteroatoms. The van der Waals surface area contributed by atoms with Crippen LogP contribution in [0.5, 0.6) is 0 Å². The Morgan fingerprint density at radius 2 is 1.80 bits per heavy atom. The number of nitrogens with one attached hydrogen (secondary N) is 3. The quantitative estimate of drug-likeness (QED) is 0.0896. The van der Waals surface area contributed by atoms with Gasteiger partial charge in [0.2, 0.25) is 12.3 Å². The number of benzene rings is 2. The second kappa shape index (κ2) is 17.7. The van der Waals surface area contributed by atoms with Gasteiger partial charge in [-0.2, -0.15) is 18.9 Å². The van der Waals surface area contributed by atoms with E-state index in [0.29, 0.717) is 19.5 Å². The number of hydrogen-bond acceptors (Lipinski definition) is 5. The van der Waals surface area contributed by atoms with Gasteiger partial charge >= 0.3 is 12.1 Å². The van der Waals surface area contributed by atoms with Crippen molar-refractivity contribution in [2.24, 2.45) is 5.41 Å². The van der Waals surface area contributed by atoms with Crippen LogP contribution in [0.1, 0.15) is 42.0 Å². The summed E-state index contributed by atoms with van der Waals surface area (Å²) in [6.45, 7) is 5.82. The third-order valence-electron chi connectivity index (χ3n) is 7.93. The van der Waals surface area contributed by atoms with Gasteiger partial charge in [0, 0.05) is 59.1 Å². The molecular formula is C31H37F4N4NbO4S-. The number of aromatic nitrogens is 1. The smallest absolute Gasteiger partial charge is 0.490 e. The molecule has 3 heterocycles. The van der Waals surface area contributed by atoms with Crippen molar-refractivity contribution in [3.8, 4) is 0 Å². The molecule has 2 aliphatic heterocycles. The first-order chi connectivity index (χ1) is 20.9. The van der Waals surface area contributed by atoms with Crippen LogP contribution in [0.3, 0.4) is 0 Å². The fourth-order valence-corrected chi connectivity index (χ4v) is 5.79. The number of carbonyl (C=O) groups excluding carboxylic acids is 2. The Kier molecular flexibility index (Phi) is 15.1. The van der Waals surface area contributed by atoms with E-state index in [1.165, 1.54) is 34.3 Å². The van der Waals surface area contributed by atoms with E-state index in [0.717, 1.165) is 56.6 Å². The van der Waals surface area contributed by atoms with Crippen molar-refractivity contribution in [1.29, 1.82) is 0 Å². The Labute approximate surface area is 280 Å². The van der Waals surface area contributed by atoms with Crippen molar-refractivity contribution < 1.29 is 59.4 Å². The third kappa shape index (κ3) is 10.9. The Morgan fingerprint density at radius 1 is 1.16 bits per heavy atom. The summed E-state index contributed by atoms with van der Waals surface area (Å²) in [4.78, 5) is 37.3. The SMILES string of the molecule is Cc1cc2cc(CCC[S-])ccc2[nH]1.O=C(O)C(F)(F)F.O=CNCCN1CCC2(CC1)C(=O)NCC2c1ccc(F)cc1.[Nb]. The first-order valence-electron chi connectivity index (χ1n) is 14.3. The summed E-state index contributed by atoms with van der Waals surface area (Å²) >= 11 is 4.94. The molecule has 8 nitrogen and oxygen atoms in total. The van der Waals surface area contributed by atoms with Gasteiger partial charge in [-0.1, -0.05) is 24.6 Å². The fourth-order valence-electron chi connectivity index (χ4n) is 5.65. The summed E-state index contributed by atoms with van der Waals surface area (Å²) in [5.41, 5.74) is 4.49. The van der Waals surface area contributed by atoms with Crippen LogP contribution in [-0.2, 0) is 55.8 Å². The zero-order valence-electron chi connectivity index (χ0n) is 24.8. The van der Waals surface area contributed by atoms with Crippen molar-refractivity contribution in [3.05, 3.63) is 71.2 Å². The number of piperidine rings is 1. The topological polar surface area (TPSA) is 115 Å². The Balaban J connectivity index is 0.000000273. The number of fused-ring (bicyclic) bond motifs is 1. The van der Waals surface area contributed by atoms with Crippen molar-refractivity contribution in [1.82, 2.24) is 20.5 Å². The average molecular weight is 731 g/mol. The van der Waals surface area contributed by atoms with Gasteiger partial charge in [0.15, 0.2) is 0 Å².